The Balaban J connectivity index is 1.46. The summed E-state index contributed by atoms with van der Waals surface area (Å²) in [5, 5.41) is 2.55. The predicted octanol–water partition coefficient (Wildman–Crippen LogP) is 1.97. The summed E-state index contributed by atoms with van der Waals surface area (Å²) in [6, 6.07) is 5.94. The summed E-state index contributed by atoms with van der Waals surface area (Å²) in [5.74, 6) is -0.459. The van der Waals surface area contributed by atoms with Gasteiger partial charge in [0, 0.05) is 4.88 Å². The zero-order valence-electron chi connectivity index (χ0n) is 14.9. The number of hydrogen-bond acceptors (Lipinski definition) is 6. The summed E-state index contributed by atoms with van der Waals surface area (Å²) in [4.78, 5) is 27.5. The van der Waals surface area contributed by atoms with Crippen LogP contribution in [0.1, 0.15) is 39.4 Å². The fraction of sp³-hybridized carbons (Fsp3) is 0.333. The van der Waals surface area contributed by atoms with Crippen molar-refractivity contribution in [2.24, 2.45) is 0 Å². The molecule has 0 radical (unpaired) electrons. The van der Waals surface area contributed by atoms with Gasteiger partial charge in [0.05, 0.1) is 15.5 Å². The van der Waals surface area contributed by atoms with Gasteiger partial charge in [0.15, 0.2) is 6.61 Å². The molecule has 8 nitrogen and oxygen atoms in total. The minimum absolute atomic E-state index is 0.0979. The average molecular weight is 422 g/mol. The molecule has 28 heavy (non-hydrogen) atoms. The Labute approximate surface area is 166 Å². The Morgan fingerprint density at radius 1 is 1.14 bits per heavy atom. The Morgan fingerprint density at radius 2 is 1.96 bits per heavy atom. The van der Waals surface area contributed by atoms with Crippen LogP contribution in [-0.2, 0) is 27.7 Å². The second-order valence-corrected chi connectivity index (χ2v) is 9.49. The largest absolute Gasteiger partial charge is 0.482 e. The van der Waals surface area contributed by atoms with E-state index >= 15 is 0 Å². The molecule has 3 N–H and O–H groups in total. The van der Waals surface area contributed by atoms with Gasteiger partial charge < -0.3 is 10.1 Å². The molecule has 148 valence electrons. The van der Waals surface area contributed by atoms with Gasteiger partial charge in [-0.2, -0.15) is 0 Å². The fourth-order valence-electron chi connectivity index (χ4n) is 3.24. The Morgan fingerprint density at radius 3 is 2.82 bits per heavy atom. The van der Waals surface area contributed by atoms with Crippen molar-refractivity contribution < 1.29 is 22.7 Å². The molecule has 1 aromatic heterocycles. The number of ether oxygens (including phenoxy) is 1. The Kier molecular flexibility index (Phi) is 5.09. The highest BCUT2D eigenvalue weighted by Gasteiger charge is 2.22. The number of thiophene rings is 1. The molecule has 0 fully saturated rings. The SMILES string of the molecule is O=C1COc2ccc(S(=O)(=O)NNC(=O)c3cc4c(s3)CCCCC4)cc2N1. The van der Waals surface area contributed by atoms with Gasteiger partial charge in [0.2, 0.25) is 0 Å². The maximum atomic E-state index is 12.5. The molecule has 0 saturated heterocycles. The first kappa shape index (κ1) is 18.9. The molecule has 1 aliphatic carbocycles. The molecule has 0 unspecified atom stereocenters. The van der Waals surface area contributed by atoms with Gasteiger partial charge in [-0.25, -0.2) is 8.42 Å². The van der Waals surface area contributed by atoms with Crippen molar-refractivity contribution in [3.8, 4) is 5.75 Å². The number of benzene rings is 1. The molecular weight excluding hydrogens is 402 g/mol. The molecular formula is C18H19N3O5S2. The first-order valence-corrected chi connectivity index (χ1v) is 11.2. The van der Waals surface area contributed by atoms with E-state index in [1.807, 2.05) is 6.07 Å². The maximum Gasteiger partial charge on any atom is 0.276 e. The predicted molar refractivity (Wildman–Crippen MR) is 104 cm³/mol. The molecule has 0 bridgehead atoms. The summed E-state index contributed by atoms with van der Waals surface area (Å²) in [5.41, 5.74) is 3.72. The van der Waals surface area contributed by atoms with E-state index in [2.05, 4.69) is 15.6 Å². The second-order valence-electron chi connectivity index (χ2n) is 6.67. The number of aryl methyl sites for hydroxylation is 2. The molecule has 1 aromatic carbocycles. The van der Waals surface area contributed by atoms with Crippen LogP contribution in [0, 0.1) is 0 Å². The standard InChI is InChI=1S/C18H19N3O5S2/c22-17-10-26-14-7-6-12(9-13(14)19-17)28(24,25)21-20-18(23)16-8-11-4-2-1-3-5-15(11)27-16/h6-9,21H,1-5,10H2,(H,19,22)(H,20,23). The molecule has 2 aromatic rings. The molecule has 4 rings (SSSR count). The highest BCUT2D eigenvalue weighted by molar-refractivity contribution is 7.89. The molecule has 2 heterocycles. The van der Waals surface area contributed by atoms with Crippen LogP contribution in [0.5, 0.6) is 5.75 Å². The minimum atomic E-state index is -4.01. The van der Waals surface area contributed by atoms with E-state index in [4.69, 9.17) is 4.74 Å². The summed E-state index contributed by atoms with van der Waals surface area (Å²) >= 11 is 1.41. The zero-order valence-corrected chi connectivity index (χ0v) is 16.5. The topological polar surface area (TPSA) is 114 Å². The summed E-state index contributed by atoms with van der Waals surface area (Å²) in [7, 11) is -4.01. The average Bonchev–Trinajstić information content (AvgIpc) is 2.96. The summed E-state index contributed by atoms with van der Waals surface area (Å²) in [6.45, 7) is -0.113. The van der Waals surface area contributed by atoms with Gasteiger partial charge >= 0.3 is 0 Å². The smallest absolute Gasteiger partial charge is 0.276 e. The normalized spacial score (nSPS) is 16.2. The van der Waals surface area contributed by atoms with Crippen molar-refractivity contribution in [2.45, 2.75) is 37.0 Å². The molecule has 0 saturated carbocycles. The highest BCUT2D eigenvalue weighted by atomic mass is 32.2. The number of hydrazine groups is 1. The molecule has 0 spiro atoms. The van der Waals surface area contributed by atoms with E-state index in [-0.39, 0.29) is 23.1 Å². The van der Waals surface area contributed by atoms with Crippen LogP contribution in [0.3, 0.4) is 0 Å². The second kappa shape index (κ2) is 7.53. The van der Waals surface area contributed by atoms with E-state index in [1.165, 1.54) is 46.4 Å². The third kappa shape index (κ3) is 3.89. The van der Waals surface area contributed by atoms with Crippen LogP contribution in [-0.4, -0.2) is 26.8 Å². The Bertz CT molecular complexity index is 1020. The molecule has 2 aliphatic rings. The number of fused-ring (bicyclic) bond motifs is 2. The van der Waals surface area contributed by atoms with Crippen molar-refractivity contribution in [1.82, 2.24) is 10.3 Å². The lowest BCUT2D eigenvalue weighted by Gasteiger charge is -2.18. The summed E-state index contributed by atoms with van der Waals surface area (Å²) < 4.78 is 30.2. The number of rotatable bonds is 4. The monoisotopic (exact) mass is 421 g/mol. The third-order valence-corrected chi connectivity index (χ3v) is 7.14. The lowest BCUT2D eigenvalue weighted by molar-refractivity contribution is -0.118. The fourth-order valence-corrected chi connectivity index (χ4v) is 5.26. The third-order valence-electron chi connectivity index (χ3n) is 4.66. The molecule has 1 aliphatic heterocycles. The van der Waals surface area contributed by atoms with E-state index in [0.717, 1.165) is 25.7 Å². The van der Waals surface area contributed by atoms with Crippen molar-refractivity contribution >= 4 is 38.9 Å². The quantitative estimate of drug-likeness (QED) is 0.516. The van der Waals surface area contributed by atoms with Gasteiger partial charge in [-0.1, -0.05) is 6.42 Å². The highest BCUT2D eigenvalue weighted by Crippen LogP contribution is 2.30. The summed E-state index contributed by atoms with van der Waals surface area (Å²) in [6.07, 6.45) is 5.32. The van der Waals surface area contributed by atoms with Crippen molar-refractivity contribution in [3.63, 3.8) is 0 Å². The van der Waals surface area contributed by atoms with Crippen LogP contribution in [0.4, 0.5) is 5.69 Å². The number of anilines is 1. The van der Waals surface area contributed by atoms with Crippen molar-refractivity contribution in [2.75, 3.05) is 11.9 Å². The van der Waals surface area contributed by atoms with Crippen molar-refractivity contribution in [1.29, 1.82) is 0 Å². The van der Waals surface area contributed by atoms with Crippen LogP contribution in [0.2, 0.25) is 0 Å². The lowest BCUT2D eigenvalue weighted by Crippen LogP contribution is -2.41. The number of nitrogens with one attached hydrogen (secondary N) is 3. The van der Waals surface area contributed by atoms with E-state index in [1.54, 1.807) is 0 Å². The van der Waals surface area contributed by atoms with Crippen LogP contribution in [0.25, 0.3) is 0 Å². The number of carbonyl (C=O) groups excluding carboxylic acids is 2. The van der Waals surface area contributed by atoms with Gasteiger partial charge in [0.1, 0.15) is 5.75 Å². The maximum absolute atomic E-state index is 12.5. The van der Waals surface area contributed by atoms with Crippen molar-refractivity contribution in [3.05, 3.63) is 39.6 Å². The van der Waals surface area contributed by atoms with E-state index in [9.17, 15) is 18.0 Å². The number of carbonyl (C=O) groups is 2. The van der Waals surface area contributed by atoms with E-state index in [0.29, 0.717) is 10.6 Å². The van der Waals surface area contributed by atoms with Crippen LogP contribution >= 0.6 is 11.3 Å². The first-order valence-electron chi connectivity index (χ1n) is 8.93. The van der Waals surface area contributed by atoms with Gasteiger partial charge in [-0.15, -0.1) is 16.2 Å². The van der Waals surface area contributed by atoms with Gasteiger partial charge in [0.25, 0.3) is 21.8 Å². The molecule has 2 amide bonds. The first-order chi connectivity index (χ1) is 13.4. The van der Waals surface area contributed by atoms with Gasteiger partial charge in [-0.3, -0.25) is 15.0 Å². The minimum Gasteiger partial charge on any atom is -0.482 e. The van der Waals surface area contributed by atoms with Gasteiger partial charge in [-0.05, 0) is 55.5 Å². The molecule has 10 heteroatoms. The van der Waals surface area contributed by atoms with Crippen LogP contribution < -0.4 is 20.3 Å². The van der Waals surface area contributed by atoms with E-state index < -0.39 is 15.9 Å². The lowest BCUT2D eigenvalue weighted by atomic mass is 10.1. The van der Waals surface area contributed by atoms with Crippen LogP contribution in [0.15, 0.2) is 29.2 Å². The number of sulfonamides is 1. The Hall–Kier alpha value is -2.43. The number of hydrogen-bond donors (Lipinski definition) is 3. The molecule has 0 atom stereocenters. The number of amides is 2. The zero-order chi connectivity index (χ0) is 19.7.